The molecule has 1 nitrogen and oxygen atoms in total. The number of rotatable bonds is 2. The first-order valence-electron chi connectivity index (χ1n) is 12.0. The molecule has 7 rings (SSSR count). The second-order valence-electron chi connectivity index (χ2n) is 10.6. The van der Waals surface area contributed by atoms with Gasteiger partial charge in [0.2, 0.25) is 0 Å². The van der Waals surface area contributed by atoms with Crippen LogP contribution in [0.25, 0.3) is 17.2 Å². The fourth-order valence-electron chi connectivity index (χ4n) is 5.92. The van der Waals surface area contributed by atoms with Crippen LogP contribution in [0.4, 0.5) is 0 Å². The van der Waals surface area contributed by atoms with E-state index in [1.54, 1.807) is 35.1 Å². The maximum absolute atomic E-state index is 4.62. The van der Waals surface area contributed by atoms with Crippen molar-refractivity contribution in [2.45, 2.75) is 57.3 Å². The predicted octanol–water partition coefficient (Wildman–Crippen LogP) is 2.26. The number of allylic oxidation sites excluding steroid dienone is 7. The van der Waals surface area contributed by atoms with Gasteiger partial charge in [-0.05, 0) is 35.9 Å². The summed E-state index contributed by atoms with van der Waals surface area (Å²) in [6.45, 7) is 15.9. The van der Waals surface area contributed by atoms with Crippen molar-refractivity contribution in [1.82, 2.24) is 0 Å². The number of hydrogen-bond acceptors (Lipinski definition) is 1. The molecule has 5 heteroatoms. The average molecular weight is 597 g/mol. The topological polar surface area (TPSA) is 12.4 Å². The van der Waals surface area contributed by atoms with Crippen molar-refractivity contribution in [3.05, 3.63) is 98.0 Å². The van der Waals surface area contributed by atoms with Crippen molar-refractivity contribution >= 4 is 19.9 Å². The summed E-state index contributed by atoms with van der Waals surface area (Å²) in [5, 5.41) is 3.28. The zero-order chi connectivity index (χ0) is 23.7. The Morgan fingerprint density at radius 3 is 2.11 bits per heavy atom. The maximum Gasteiger partial charge on any atom is -1.00 e. The normalized spacial score (nSPS) is 20.1. The van der Waals surface area contributed by atoms with E-state index in [4.69, 9.17) is 0 Å². The Morgan fingerprint density at radius 2 is 1.54 bits per heavy atom. The molecular weight excluding hydrogens is 565 g/mol. The number of halogens is 2. The van der Waals surface area contributed by atoms with Gasteiger partial charge in [0.25, 0.3) is 0 Å². The second-order valence-corrected chi connectivity index (χ2v) is 16.2. The molecule has 0 spiro atoms. The summed E-state index contributed by atoms with van der Waals surface area (Å²) in [5.41, 5.74) is 14.1. The van der Waals surface area contributed by atoms with Gasteiger partial charge in [0.15, 0.2) is 0 Å². The quantitative estimate of drug-likeness (QED) is 0.472. The third-order valence-electron chi connectivity index (χ3n) is 7.57. The SMILES string of the molecule is CC1=CC2=C3C(C)=C(C2=N1)[Si]3(C)C.CC1=Cc2c(-c3ccc(C(C)C)cc3)cccc2[CH]1[Zr+2].[Cl-].[Cl-]. The van der Waals surface area contributed by atoms with Crippen LogP contribution in [-0.4, -0.2) is 13.8 Å². The van der Waals surface area contributed by atoms with Crippen molar-refractivity contribution in [2.75, 3.05) is 0 Å². The molecule has 0 amide bonds. The smallest absolute Gasteiger partial charge is 1.00 e. The van der Waals surface area contributed by atoms with Crippen molar-refractivity contribution in [3.8, 4) is 11.1 Å². The molecule has 2 bridgehead atoms. The number of fused-ring (bicyclic) bond motifs is 1. The van der Waals surface area contributed by atoms with Crippen LogP contribution in [0.3, 0.4) is 0 Å². The monoisotopic (exact) mass is 594 g/mol. The molecule has 0 saturated carbocycles. The third-order valence-corrected chi connectivity index (χ3v) is 13.2. The van der Waals surface area contributed by atoms with E-state index in [2.05, 4.69) is 107 Å². The molecule has 2 aromatic carbocycles. The fraction of sp³-hybridized carbons (Fsp3) is 0.300. The minimum atomic E-state index is -1.15. The summed E-state index contributed by atoms with van der Waals surface area (Å²) in [5.74, 6) is 0.594. The second kappa shape index (κ2) is 10.3. The van der Waals surface area contributed by atoms with E-state index in [1.165, 1.54) is 55.9 Å². The zero-order valence-corrected chi connectivity index (χ0v) is 26.5. The van der Waals surface area contributed by atoms with E-state index < -0.39 is 8.07 Å². The van der Waals surface area contributed by atoms with Crippen LogP contribution in [0.5, 0.6) is 0 Å². The van der Waals surface area contributed by atoms with Gasteiger partial charge in [-0.25, -0.2) is 0 Å². The first-order chi connectivity index (χ1) is 15.6. The standard InChI is InChI=1S/C19H19.C11H13NSi.2ClH.Zr/c1-13(2)15-7-9-16(10-8-15)18-6-4-5-17-11-14(3)12-19(17)18;1-6-5-8-9(12-6)11-7(2)10(8)13(11,3)4;;;/h4-13H,1-3H3;5H,1-4H3;2*1H;/q;;;;+2/p-2. The molecule has 1 unspecified atom stereocenters. The van der Waals surface area contributed by atoms with E-state index in [0.29, 0.717) is 9.54 Å². The number of hydrogen-bond donors (Lipinski definition) is 0. The summed E-state index contributed by atoms with van der Waals surface area (Å²) < 4.78 is 0.645. The van der Waals surface area contributed by atoms with Crippen molar-refractivity contribution in [3.63, 3.8) is 0 Å². The van der Waals surface area contributed by atoms with Gasteiger partial charge in [-0.1, -0.05) is 13.1 Å². The Hall–Kier alpha value is -1.25. The molecule has 1 atom stereocenters. The van der Waals surface area contributed by atoms with Gasteiger partial charge in [0.1, 0.15) is 8.07 Å². The first-order valence-corrected chi connectivity index (χ1v) is 16.4. The van der Waals surface area contributed by atoms with Crippen LogP contribution >= 0.6 is 0 Å². The van der Waals surface area contributed by atoms with Crippen LogP contribution in [0.2, 0.25) is 13.1 Å². The molecule has 0 saturated heterocycles. The van der Waals surface area contributed by atoms with E-state index in [-0.39, 0.29) is 24.8 Å². The molecule has 0 fully saturated rings. The molecule has 0 aromatic heterocycles. The van der Waals surface area contributed by atoms with Crippen LogP contribution in [0.15, 0.2) is 86.3 Å². The van der Waals surface area contributed by atoms with Gasteiger partial charge < -0.3 is 24.8 Å². The van der Waals surface area contributed by atoms with Gasteiger partial charge in [-0.3, -0.25) is 4.99 Å². The Labute approximate surface area is 239 Å². The fourth-order valence-corrected chi connectivity index (χ4v) is 10.6. The number of nitrogens with zero attached hydrogens (tertiary/aromatic N) is 1. The molecule has 2 aromatic rings. The number of benzene rings is 2. The molecule has 5 aliphatic rings. The molecule has 179 valence electrons. The Bertz CT molecular complexity index is 1340. The maximum atomic E-state index is 4.62. The predicted molar refractivity (Wildman–Crippen MR) is 141 cm³/mol. The van der Waals surface area contributed by atoms with E-state index in [0.717, 1.165) is 0 Å². The molecule has 3 aliphatic heterocycles. The largest absolute Gasteiger partial charge is 1.00 e. The summed E-state index contributed by atoms with van der Waals surface area (Å²) in [6.07, 6.45) is 4.63. The van der Waals surface area contributed by atoms with Crippen molar-refractivity contribution in [2.24, 2.45) is 4.99 Å². The van der Waals surface area contributed by atoms with Gasteiger partial charge >= 0.3 is 137 Å². The first kappa shape index (κ1) is 28.3. The van der Waals surface area contributed by atoms with Gasteiger partial charge in [-0.2, -0.15) is 0 Å². The zero-order valence-electron chi connectivity index (χ0n) is 21.6. The van der Waals surface area contributed by atoms with Crippen molar-refractivity contribution < 1.29 is 49.5 Å². The Morgan fingerprint density at radius 1 is 0.886 bits per heavy atom. The third kappa shape index (κ3) is 4.52. The Kier molecular flexibility index (Phi) is 8.30. The van der Waals surface area contributed by atoms with Crippen LogP contribution in [-0.2, 0) is 24.7 Å². The van der Waals surface area contributed by atoms with E-state index >= 15 is 0 Å². The van der Waals surface area contributed by atoms with E-state index in [1.807, 2.05) is 0 Å². The number of aliphatic imine (C=N–C) groups is 1. The Balaban J connectivity index is 0.000000199. The minimum absolute atomic E-state index is 0. The van der Waals surface area contributed by atoms with E-state index in [9.17, 15) is 0 Å². The van der Waals surface area contributed by atoms with Crippen LogP contribution < -0.4 is 24.8 Å². The summed E-state index contributed by atoms with van der Waals surface area (Å²) in [4.78, 5) is 4.62. The van der Waals surface area contributed by atoms with Gasteiger partial charge in [-0.15, -0.1) is 0 Å². The van der Waals surface area contributed by atoms with Gasteiger partial charge in [0, 0.05) is 11.3 Å². The van der Waals surface area contributed by atoms with Gasteiger partial charge in [0.05, 0.1) is 5.71 Å². The summed E-state index contributed by atoms with van der Waals surface area (Å²) >= 11 is 1.59. The molecule has 3 heterocycles. The average Bonchev–Trinajstić information content (AvgIpc) is 3.42. The molecule has 0 N–H and O–H groups in total. The molecule has 2 aliphatic carbocycles. The van der Waals surface area contributed by atoms with Crippen LogP contribution in [0, 0.1) is 0 Å². The summed E-state index contributed by atoms with van der Waals surface area (Å²) in [7, 11) is -1.15. The minimum Gasteiger partial charge on any atom is -1.00 e. The molecule has 35 heavy (non-hydrogen) atoms. The molecule has 0 radical (unpaired) electrons. The molecular formula is C30H32Cl2NSiZr. The van der Waals surface area contributed by atoms with Crippen molar-refractivity contribution in [1.29, 1.82) is 0 Å². The van der Waals surface area contributed by atoms with Crippen LogP contribution in [0.1, 0.15) is 60.9 Å². The summed E-state index contributed by atoms with van der Waals surface area (Å²) in [6, 6.07) is 15.8.